The minimum atomic E-state index is 0.0328. The molecule has 3 rings (SSSR count). The van der Waals surface area contributed by atoms with Crippen molar-refractivity contribution in [3.63, 3.8) is 0 Å². The lowest BCUT2D eigenvalue weighted by atomic mass is 10.0. The van der Waals surface area contributed by atoms with Crippen LogP contribution in [0.15, 0.2) is 48.0 Å². The molecule has 94 valence electrons. The number of carbonyl (C=O) groups excluding carboxylic acids is 1. The number of hydrogen-bond donors (Lipinski definition) is 0. The minimum absolute atomic E-state index is 0.0328. The molecule has 3 aromatic rings. The molecule has 0 fully saturated rings. The molecular formula is C16H13NOS. The van der Waals surface area contributed by atoms with Crippen LogP contribution in [0.3, 0.4) is 0 Å². The summed E-state index contributed by atoms with van der Waals surface area (Å²) >= 11 is 1.61. The van der Waals surface area contributed by atoms with Gasteiger partial charge in [0.05, 0.1) is 10.2 Å². The van der Waals surface area contributed by atoms with Gasteiger partial charge in [-0.3, -0.25) is 9.78 Å². The van der Waals surface area contributed by atoms with Crippen molar-refractivity contribution in [1.29, 1.82) is 0 Å². The van der Waals surface area contributed by atoms with E-state index in [1.807, 2.05) is 41.8 Å². The number of carbonyl (C=O) groups is 1. The number of fused-ring (bicyclic) bond motifs is 1. The Morgan fingerprint density at radius 2 is 1.95 bits per heavy atom. The number of aromatic nitrogens is 1. The van der Waals surface area contributed by atoms with Crippen LogP contribution in [-0.4, -0.2) is 10.8 Å². The van der Waals surface area contributed by atoms with Crippen LogP contribution in [0.25, 0.3) is 10.2 Å². The normalized spacial score (nSPS) is 10.8. The van der Waals surface area contributed by atoms with Gasteiger partial charge in [-0.2, -0.15) is 0 Å². The number of ketones is 1. The lowest BCUT2D eigenvalue weighted by Crippen LogP contribution is -2.01. The first-order valence-corrected chi connectivity index (χ1v) is 7.13. The Morgan fingerprint density at radius 1 is 1.16 bits per heavy atom. The third-order valence-corrected chi connectivity index (χ3v) is 4.04. The van der Waals surface area contributed by atoms with Crippen LogP contribution in [0.4, 0.5) is 0 Å². The van der Waals surface area contributed by atoms with E-state index in [2.05, 4.69) is 11.9 Å². The van der Waals surface area contributed by atoms with Crippen molar-refractivity contribution in [3.8, 4) is 0 Å². The van der Waals surface area contributed by atoms with Crippen molar-refractivity contribution >= 4 is 27.3 Å². The first kappa shape index (κ1) is 12.1. The number of benzene rings is 1. The van der Waals surface area contributed by atoms with E-state index in [0.29, 0.717) is 5.56 Å². The number of thiophene rings is 1. The summed E-state index contributed by atoms with van der Waals surface area (Å²) < 4.78 is 1.05. The number of rotatable bonds is 3. The molecule has 2 nitrogen and oxygen atoms in total. The topological polar surface area (TPSA) is 30.0 Å². The molecular weight excluding hydrogens is 254 g/mol. The third kappa shape index (κ3) is 2.29. The Balaban J connectivity index is 1.97. The highest BCUT2D eigenvalue weighted by Gasteiger charge is 2.10. The maximum absolute atomic E-state index is 12.4. The van der Waals surface area contributed by atoms with E-state index in [1.165, 1.54) is 5.56 Å². The van der Waals surface area contributed by atoms with Gasteiger partial charge in [0.25, 0.3) is 0 Å². The average molecular weight is 267 g/mol. The van der Waals surface area contributed by atoms with Crippen LogP contribution in [0.1, 0.15) is 28.4 Å². The third-order valence-electron chi connectivity index (χ3n) is 3.19. The van der Waals surface area contributed by atoms with Gasteiger partial charge in [0.1, 0.15) is 0 Å². The molecule has 0 saturated carbocycles. The van der Waals surface area contributed by atoms with Gasteiger partial charge < -0.3 is 0 Å². The predicted molar refractivity (Wildman–Crippen MR) is 78.9 cm³/mol. The smallest absolute Gasteiger partial charge is 0.194 e. The molecule has 0 aliphatic carbocycles. The summed E-state index contributed by atoms with van der Waals surface area (Å²) in [5.41, 5.74) is 3.56. The number of pyridine rings is 1. The Labute approximate surface area is 115 Å². The van der Waals surface area contributed by atoms with E-state index >= 15 is 0 Å². The van der Waals surface area contributed by atoms with E-state index in [9.17, 15) is 4.79 Å². The van der Waals surface area contributed by atoms with E-state index in [-0.39, 0.29) is 5.78 Å². The van der Waals surface area contributed by atoms with Gasteiger partial charge in [0.15, 0.2) is 5.78 Å². The first-order valence-electron chi connectivity index (χ1n) is 6.25. The molecule has 0 atom stereocenters. The largest absolute Gasteiger partial charge is 0.289 e. The van der Waals surface area contributed by atoms with Crippen molar-refractivity contribution in [2.45, 2.75) is 13.3 Å². The summed E-state index contributed by atoms with van der Waals surface area (Å²) in [6, 6.07) is 11.7. The monoisotopic (exact) mass is 267 g/mol. The summed E-state index contributed by atoms with van der Waals surface area (Å²) in [6.45, 7) is 2.10. The van der Waals surface area contributed by atoms with Gasteiger partial charge in [-0.1, -0.05) is 31.2 Å². The second-order valence-corrected chi connectivity index (χ2v) is 5.36. The molecule has 3 heteroatoms. The zero-order valence-electron chi connectivity index (χ0n) is 10.6. The van der Waals surface area contributed by atoms with E-state index < -0.39 is 0 Å². The summed E-state index contributed by atoms with van der Waals surface area (Å²) in [7, 11) is 0. The minimum Gasteiger partial charge on any atom is -0.289 e. The van der Waals surface area contributed by atoms with Crippen molar-refractivity contribution in [2.24, 2.45) is 0 Å². The van der Waals surface area contributed by atoms with Gasteiger partial charge >= 0.3 is 0 Å². The highest BCUT2D eigenvalue weighted by atomic mass is 32.1. The van der Waals surface area contributed by atoms with Crippen molar-refractivity contribution in [3.05, 3.63) is 64.7 Å². The molecule has 1 aromatic carbocycles. The molecule has 0 aliphatic heterocycles. The van der Waals surface area contributed by atoms with E-state index in [1.54, 1.807) is 17.5 Å². The average Bonchev–Trinajstić information content (AvgIpc) is 2.94. The van der Waals surface area contributed by atoms with Gasteiger partial charge in [0, 0.05) is 17.3 Å². The zero-order valence-corrected chi connectivity index (χ0v) is 11.4. The van der Waals surface area contributed by atoms with Crippen LogP contribution in [0.5, 0.6) is 0 Å². The Kier molecular flexibility index (Phi) is 3.13. The summed E-state index contributed by atoms with van der Waals surface area (Å²) in [5.74, 6) is 0.0328. The van der Waals surface area contributed by atoms with Crippen LogP contribution in [0, 0.1) is 0 Å². The first-order chi connectivity index (χ1) is 9.28. The summed E-state index contributed by atoms with van der Waals surface area (Å²) in [4.78, 5) is 16.7. The molecule has 0 radical (unpaired) electrons. The van der Waals surface area contributed by atoms with E-state index in [0.717, 1.165) is 22.2 Å². The van der Waals surface area contributed by atoms with Gasteiger partial charge in [0.2, 0.25) is 0 Å². The molecule has 0 spiro atoms. The summed E-state index contributed by atoms with van der Waals surface area (Å²) in [6.07, 6.45) is 2.64. The van der Waals surface area contributed by atoms with Crippen LogP contribution >= 0.6 is 11.3 Å². The molecule has 0 unspecified atom stereocenters. The Bertz CT molecular complexity index is 728. The Hall–Kier alpha value is -2.00. The second-order valence-electron chi connectivity index (χ2n) is 4.41. The lowest BCUT2D eigenvalue weighted by molar-refractivity contribution is 0.103. The van der Waals surface area contributed by atoms with Crippen LogP contribution < -0.4 is 0 Å². The fourth-order valence-electron chi connectivity index (χ4n) is 2.03. The maximum atomic E-state index is 12.4. The summed E-state index contributed by atoms with van der Waals surface area (Å²) in [5, 5.41) is 1.99. The zero-order chi connectivity index (χ0) is 13.2. The van der Waals surface area contributed by atoms with Gasteiger partial charge in [-0.15, -0.1) is 11.3 Å². The Morgan fingerprint density at radius 3 is 2.68 bits per heavy atom. The van der Waals surface area contributed by atoms with Gasteiger partial charge in [-0.05, 0) is 29.5 Å². The molecule has 2 aromatic heterocycles. The molecule has 19 heavy (non-hydrogen) atoms. The standard InChI is InChI=1S/C16H13NOS/c1-2-11-3-5-12(6-4-11)16(18)13-9-15-14(17-10-13)7-8-19-15/h3-10H,2H2,1H3. The predicted octanol–water partition coefficient (Wildman–Crippen LogP) is 4.09. The van der Waals surface area contributed by atoms with Crippen LogP contribution in [-0.2, 0) is 6.42 Å². The number of aryl methyl sites for hydroxylation is 1. The second kappa shape index (κ2) is 4.94. The van der Waals surface area contributed by atoms with Gasteiger partial charge in [-0.25, -0.2) is 0 Å². The van der Waals surface area contributed by atoms with Crippen LogP contribution in [0.2, 0.25) is 0 Å². The molecule has 0 aliphatic rings. The molecule has 0 N–H and O–H groups in total. The molecule has 0 amide bonds. The lowest BCUT2D eigenvalue weighted by Gasteiger charge is -2.02. The molecule has 0 saturated heterocycles. The van der Waals surface area contributed by atoms with E-state index in [4.69, 9.17) is 0 Å². The fourth-order valence-corrected chi connectivity index (χ4v) is 2.81. The number of nitrogens with zero attached hydrogens (tertiary/aromatic N) is 1. The van der Waals surface area contributed by atoms with Crippen molar-refractivity contribution < 1.29 is 4.79 Å². The maximum Gasteiger partial charge on any atom is 0.194 e. The van der Waals surface area contributed by atoms with Crippen molar-refractivity contribution in [2.75, 3.05) is 0 Å². The quantitative estimate of drug-likeness (QED) is 0.669. The highest BCUT2D eigenvalue weighted by molar-refractivity contribution is 7.17. The highest BCUT2D eigenvalue weighted by Crippen LogP contribution is 2.21. The SMILES string of the molecule is CCc1ccc(C(=O)c2cnc3ccsc3c2)cc1. The number of hydrogen-bond acceptors (Lipinski definition) is 3. The van der Waals surface area contributed by atoms with Crippen molar-refractivity contribution in [1.82, 2.24) is 4.98 Å². The molecule has 2 heterocycles. The fraction of sp³-hybridized carbons (Fsp3) is 0.125. The molecule has 0 bridgehead atoms.